The van der Waals surface area contributed by atoms with Gasteiger partial charge in [0.2, 0.25) is 53.4 Å². The Hall–Kier alpha value is -9.20. The van der Waals surface area contributed by atoms with Crippen LogP contribution in [-0.2, 0) is 52.6 Å². The summed E-state index contributed by atoms with van der Waals surface area (Å²) in [5, 5.41) is 131. The number of nitrogens with one attached hydrogen (secondary N) is 7. The smallest absolute Gasteiger partial charge is 0.330 e. The van der Waals surface area contributed by atoms with Gasteiger partial charge in [0.25, 0.3) is 0 Å². The van der Waals surface area contributed by atoms with E-state index in [1.54, 1.807) is 0 Å². The van der Waals surface area contributed by atoms with E-state index < -0.39 is 237 Å². The topological polar surface area (TPSA) is 530 Å². The van der Waals surface area contributed by atoms with Gasteiger partial charge in [-0.25, -0.2) is 4.79 Å². The van der Waals surface area contributed by atoms with Crippen molar-refractivity contribution < 1.29 is 118 Å². The average molecular weight is 1480 g/mol. The van der Waals surface area contributed by atoms with Crippen LogP contribution in [0.1, 0.15) is 120 Å². The number of phenolic OH excluding ortho intramolecular Hbond substituents is 3. The number of hydrogen-bond acceptors (Lipinski definition) is 25. The van der Waals surface area contributed by atoms with E-state index >= 15 is 14.4 Å². The molecule has 0 saturated carbocycles. The highest BCUT2D eigenvalue weighted by Crippen LogP contribution is 2.50. The normalized spacial score (nSPS) is 28.9. The first-order valence-corrected chi connectivity index (χ1v) is 32.4. The van der Waals surface area contributed by atoms with Crippen LogP contribution < -0.4 is 62.9 Å². The van der Waals surface area contributed by atoms with E-state index in [-0.39, 0.29) is 61.1 Å². The Morgan fingerprint density at radius 2 is 1.30 bits per heavy atom. The Morgan fingerprint density at radius 1 is 0.709 bits per heavy atom. The number of hydrogen-bond donors (Lipinski definition) is 19. The fourth-order valence-electron chi connectivity index (χ4n) is 12.5. The number of nitrogens with two attached hydrogens (primary N) is 2. The lowest BCUT2D eigenvalue weighted by atomic mass is 9.86. The zero-order valence-corrected chi connectivity index (χ0v) is 55.8. The van der Waals surface area contributed by atoms with Crippen LogP contribution >= 0.6 is 23.2 Å². The second-order valence-corrected chi connectivity index (χ2v) is 26.5. The minimum Gasteiger partial charge on any atom is -0.508 e. The number of fused-ring (bicyclic) bond motifs is 15. The SMILES string of the molecule is C.C.CN[C@H](CC(C)C)C(=O)NC1C(=O)N[C@@H](CC(N)=O)C(=O)N[C@H]2C(=O)N[C@H]3C(=O)N[C@H](C(=O)N[C@H](C(=O)O)c4cc(O)cc(O)c4-c4cc3ccc4O)[C@H](O)c3ccc(c(Cl)c3)Oc3cc2cc(c3OC2OC(CO)C(O)C(O)C2OC2CC(C)(N)C(O)C(C)O2)Oc2ccc(cc2Cl)[C@H]1O. The third-order valence-electron chi connectivity index (χ3n) is 17.8. The number of halogens is 2. The number of phenols is 3. The van der Waals surface area contributed by atoms with Gasteiger partial charge in [-0.1, -0.05) is 70.1 Å². The van der Waals surface area contributed by atoms with Crippen molar-refractivity contribution in [3.05, 3.63) is 117 Å². The van der Waals surface area contributed by atoms with Crippen molar-refractivity contribution in [1.29, 1.82) is 0 Å². The number of benzene rings is 5. The van der Waals surface area contributed by atoms with Crippen LogP contribution in [-0.4, -0.2) is 191 Å². The molecule has 2 saturated heterocycles. The number of aromatic hydroxyl groups is 3. The molecule has 7 heterocycles. The number of aliphatic hydroxyl groups is 6. The highest BCUT2D eigenvalue weighted by atomic mass is 35.5. The summed E-state index contributed by atoms with van der Waals surface area (Å²) in [6.07, 6.45) is -18.6. The predicted molar refractivity (Wildman–Crippen MR) is 363 cm³/mol. The Bertz CT molecular complexity index is 4080. The molecule has 0 aliphatic carbocycles. The Kier molecular flexibility index (Phi) is 24.9. The maximum Gasteiger partial charge on any atom is 0.330 e. The first kappa shape index (κ1) is 79.5. The molecule has 10 unspecified atom stereocenters. The van der Waals surface area contributed by atoms with Crippen molar-refractivity contribution in [2.75, 3.05) is 13.7 Å². The zero-order valence-electron chi connectivity index (χ0n) is 54.3. The number of ether oxygens (including phenoxy) is 6. The van der Waals surface area contributed by atoms with E-state index in [0.717, 1.165) is 66.7 Å². The molecule has 11 bridgehead atoms. The quantitative estimate of drug-likeness (QED) is 0.0791. The number of carboxylic acid groups (broad SMARTS) is 1. The van der Waals surface area contributed by atoms with Crippen LogP contribution in [0.4, 0.5) is 0 Å². The summed E-state index contributed by atoms with van der Waals surface area (Å²) in [6.45, 7) is 5.66. The first-order valence-electron chi connectivity index (χ1n) is 31.6. The molecule has 7 aliphatic heterocycles. The molecule has 33 nitrogen and oxygen atoms in total. The van der Waals surface area contributed by atoms with E-state index in [0.29, 0.717) is 0 Å². The summed E-state index contributed by atoms with van der Waals surface area (Å²) in [5.41, 5.74) is 8.00. The highest BCUT2D eigenvalue weighted by molar-refractivity contribution is 6.32. The van der Waals surface area contributed by atoms with E-state index in [4.69, 9.17) is 63.1 Å². The molecule has 558 valence electrons. The molecule has 0 radical (unpaired) electrons. The summed E-state index contributed by atoms with van der Waals surface area (Å²) in [7, 11) is 1.47. The van der Waals surface area contributed by atoms with Crippen LogP contribution in [0.15, 0.2) is 78.9 Å². The summed E-state index contributed by atoms with van der Waals surface area (Å²) >= 11 is 14.1. The molecule has 7 amide bonds. The molecule has 5 aromatic carbocycles. The van der Waals surface area contributed by atoms with E-state index in [1.165, 1.54) is 33.0 Å². The first-order chi connectivity index (χ1) is 47.7. The molecule has 5 aromatic rings. The maximum atomic E-state index is 16.0. The predicted octanol–water partition coefficient (Wildman–Crippen LogP) is 1.38. The van der Waals surface area contributed by atoms with Gasteiger partial charge in [-0.05, 0) is 110 Å². The minimum atomic E-state index is -2.35. The van der Waals surface area contributed by atoms with E-state index in [1.807, 2.05) is 13.8 Å². The number of carbonyl (C=O) groups is 8. The number of carboxylic acids is 1. The molecule has 0 spiro atoms. The van der Waals surface area contributed by atoms with E-state index in [2.05, 4.69) is 37.2 Å². The van der Waals surface area contributed by atoms with Gasteiger partial charge in [0.1, 0.15) is 89.5 Å². The number of likely N-dealkylation sites (N-methyl/N-ethyl adjacent to an activating group) is 1. The largest absolute Gasteiger partial charge is 0.508 e. The lowest BCUT2D eigenvalue weighted by Crippen LogP contribution is -2.64. The highest BCUT2D eigenvalue weighted by Gasteiger charge is 2.51. The van der Waals surface area contributed by atoms with Crippen molar-refractivity contribution in [3.8, 4) is 57.1 Å². The van der Waals surface area contributed by atoms with Gasteiger partial charge in [0.05, 0.1) is 41.3 Å². The zero-order chi connectivity index (χ0) is 73.5. The molecule has 18 atom stereocenters. The van der Waals surface area contributed by atoms with Gasteiger partial charge in [0.15, 0.2) is 29.9 Å². The second kappa shape index (κ2) is 32.2. The van der Waals surface area contributed by atoms with Crippen LogP contribution in [0.3, 0.4) is 0 Å². The molecular weight excluding hydrogens is 1400 g/mol. The number of aliphatic carboxylic acids is 1. The standard InChI is InChI=1S/C66H75Cl2N9O24.2CH4/c1-23(2)12-34(71-5)58(88)76-49-51(83)26-7-10-38(32(67)14-26)97-40-16-28-17-41(55(40)101-65-56(54(86)53(85)42(22-78)99-65)100-44-21-66(4,70)57(87)24(3)96-44)98-39-11-8-27(15-33(39)68)52(84)50-63(93)75-48(64(94)95)31-18-29(79)19-37(81)45(31)30-13-25(6-9-36(30)80)46(60(90)77-50)74-61(91)47(28)73-59(89)35(20-43(69)82)72-62(49)92;;/h6-11,13-19,23-24,34-35,42,44,46-54,56-57,65,71,78-81,83-87H,12,20-22,70H2,1-5H3,(H2,69,82)(H,72,92)(H,73,89)(H,74,91)(H,75,93)(H,76,88)(H,77,90)(H,94,95);2*1H4/t24?,34-,35+,42?,44?,46-,47-,48+,49?,50+,51-,52-,53?,54?,56?,57?,65?,66?;;/m1../s1. The van der Waals surface area contributed by atoms with Crippen LogP contribution in [0.2, 0.25) is 10.0 Å². The number of aliphatic hydroxyl groups excluding tert-OH is 6. The Labute approximate surface area is 599 Å². The number of rotatable bonds is 13. The number of primary amides is 1. The van der Waals surface area contributed by atoms with Crippen LogP contribution in [0.25, 0.3) is 11.1 Å². The van der Waals surface area contributed by atoms with Crippen LogP contribution in [0.5, 0.6) is 46.0 Å². The van der Waals surface area contributed by atoms with Crippen molar-refractivity contribution in [2.24, 2.45) is 17.4 Å². The lowest BCUT2D eigenvalue weighted by Gasteiger charge is -2.47. The second-order valence-electron chi connectivity index (χ2n) is 25.7. The van der Waals surface area contributed by atoms with E-state index in [9.17, 15) is 75.0 Å². The molecule has 12 rings (SSSR count). The molecule has 7 aliphatic rings. The summed E-state index contributed by atoms with van der Waals surface area (Å²) in [6, 6.07) is -0.679. The van der Waals surface area contributed by atoms with Crippen molar-refractivity contribution in [2.45, 2.75) is 171 Å². The van der Waals surface area contributed by atoms with Gasteiger partial charge in [-0.15, -0.1) is 0 Å². The number of carbonyl (C=O) groups excluding carboxylic acids is 7. The average Bonchev–Trinajstić information content (AvgIpc) is 0.764. The van der Waals surface area contributed by atoms with Crippen molar-refractivity contribution in [3.63, 3.8) is 0 Å². The fraction of sp³-hybridized carbons (Fsp3) is 0.441. The summed E-state index contributed by atoms with van der Waals surface area (Å²) in [4.78, 5) is 117. The van der Waals surface area contributed by atoms with Gasteiger partial charge in [-0.3, -0.25) is 33.6 Å². The lowest BCUT2D eigenvalue weighted by molar-refractivity contribution is -0.333. The third kappa shape index (κ3) is 16.9. The fourth-order valence-corrected chi connectivity index (χ4v) is 12.9. The molecular formula is C68H83Cl2N9O24. The number of amides is 7. The maximum absolute atomic E-state index is 16.0. The summed E-state index contributed by atoms with van der Waals surface area (Å²) < 4.78 is 38.3. The van der Waals surface area contributed by atoms with Gasteiger partial charge >= 0.3 is 5.97 Å². The van der Waals surface area contributed by atoms with Gasteiger partial charge in [0, 0.05) is 34.7 Å². The Morgan fingerprint density at radius 3 is 1.87 bits per heavy atom. The molecule has 0 aromatic heterocycles. The third-order valence-corrected chi connectivity index (χ3v) is 18.4. The van der Waals surface area contributed by atoms with Crippen molar-refractivity contribution in [1.82, 2.24) is 37.2 Å². The minimum absolute atomic E-state index is 0. The monoisotopic (exact) mass is 1480 g/mol. The molecule has 35 heteroatoms. The van der Waals surface area contributed by atoms with Gasteiger partial charge in [-0.2, -0.15) is 0 Å². The summed E-state index contributed by atoms with van der Waals surface area (Å²) in [5.74, 6) is -16.0. The van der Waals surface area contributed by atoms with Gasteiger partial charge < -0.3 is 128 Å². The molecule has 2 fully saturated rings. The molecule has 21 N–H and O–H groups in total. The van der Waals surface area contributed by atoms with Crippen LogP contribution in [0, 0.1) is 5.92 Å². The Balaban J connectivity index is 0.00000672. The molecule has 103 heavy (non-hydrogen) atoms. The van der Waals surface area contributed by atoms with Crippen molar-refractivity contribution >= 4 is 70.5 Å².